The lowest BCUT2D eigenvalue weighted by Crippen LogP contribution is -2.91. The Bertz CT molecular complexity index is 708. The third-order valence-electron chi connectivity index (χ3n) is 5.31. The number of ether oxygens (including phenoxy) is 2. The van der Waals surface area contributed by atoms with Crippen molar-refractivity contribution in [1.82, 2.24) is 10.6 Å². The van der Waals surface area contributed by atoms with Crippen molar-refractivity contribution in [3.8, 4) is 5.75 Å². The van der Waals surface area contributed by atoms with Gasteiger partial charge in [0.2, 0.25) is 0 Å². The second-order valence-corrected chi connectivity index (χ2v) is 7.03. The zero-order valence-corrected chi connectivity index (χ0v) is 15.9. The van der Waals surface area contributed by atoms with Gasteiger partial charge in [0.05, 0.1) is 37.6 Å². The van der Waals surface area contributed by atoms with Crippen molar-refractivity contribution < 1.29 is 24.4 Å². The Morgan fingerprint density at radius 1 is 1.15 bits per heavy atom. The molecule has 146 valence electrons. The highest BCUT2D eigenvalue weighted by Gasteiger charge is 2.34. The molecule has 1 aromatic rings. The summed E-state index contributed by atoms with van der Waals surface area (Å²) in [4.78, 5) is 24.8. The number of quaternary nitrogens is 1. The fraction of sp³-hybridized carbons (Fsp3) is 0.500. The molecule has 0 bridgehead atoms. The molecular formula is C20H28N3O4+. The predicted octanol–water partition coefficient (Wildman–Crippen LogP) is 1.37. The van der Waals surface area contributed by atoms with Crippen molar-refractivity contribution in [3.63, 3.8) is 0 Å². The van der Waals surface area contributed by atoms with Gasteiger partial charge in [-0.25, -0.2) is 9.59 Å². The molecule has 0 spiro atoms. The molecule has 1 atom stereocenters. The second-order valence-electron chi connectivity index (χ2n) is 7.03. The molecule has 27 heavy (non-hydrogen) atoms. The van der Waals surface area contributed by atoms with Crippen LogP contribution >= 0.6 is 0 Å². The van der Waals surface area contributed by atoms with Crippen molar-refractivity contribution in [3.05, 3.63) is 41.1 Å². The van der Waals surface area contributed by atoms with Gasteiger partial charge in [-0.1, -0.05) is 18.6 Å². The summed E-state index contributed by atoms with van der Waals surface area (Å²) in [5.74, 6) is 0.281. The van der Waals surface area contributed by atoms with Crippen LogP contribution < -0.4 is 20.7 Å². The predicted molar refractivity (Wildman–Crippen MR) is 100 cm³/mol. The van der Waals surface area contributed by atoms with Gasteiger partial charge >= 0.3 is 12.0 Å². The maximum absolute atomic E-state index is 12.5. The SMILES string of the molecule is COC(=O)C1=C(C[NH2+]C2CCCCC2)NC(=O)N[C@@H]1c1ccc(OC)cc1. The van der Waals surface area contributed by atoms with Crippen molar-refractivity contribution in [2.45, 2.75) is 44.2 Å². The molecule has 0 radical (unpaired) electrons. The number of hydrogen-bond donors (Lipinski definition) is 3. The fourth-order valence-electron chi connectivity index (χ4n) is 3.83. The fourth-order valence-corrected chi connectivity index (χ4v) is 3.83. The molecule has 7 nitrogen and oxygen atoms in total. The molecule has 4 N–H and O–H groups in total. The van der Waals surface area contributed by atoms with Crippen molar-refractivity contribution in [1.29, 1.82) is 0 Å². The van der Waals surface area contributed by atoms with Gasteiger partial charge in [-0.15, -0.1) is 0 Å². The van der Waals surface area contributed by atoms with Crippen LogP contribution in [0.5, 0.6) is 5.75 Å². The summed E-state index contributed by atoms with van der Waals surface area (Å²) in [5, 5.41) is 7.89. The molecule has 0 unspecified atom stereocenters. The maximum atomic E-state index is 12.5. The standard InChI is InChI=1S/C20H27N3O4/c1-26-15-10-8-13(9-11-15)18-17(19(24)27-2)16(22-20(25)23-18)12-21-14-6-4-3-5-7-14/h8-11,14,18,21H,3-7,12H2,1-2H3,(H2,22,23,25)/p+1/t18-/m1/s1. The van der Waals surface area contributed by atoms with E-state index >= 15 is 0 Å². The molecule has 1 aromatic carbocycles. The highest BCUT2D eigenvalue weighted by Crippen LogP contribution is 2.28. The maximum Gasteiger partial charge on any atom is 0.338 e. The van der Waals surface area contributed by atoms with Gasteiger partial charge in [-0.3, -0.25) is 0 Å². The van der Waals surface area contributed by atoms with Crippen LogP contribution in [0.25, 0.3) is 0 Å². The van der Waals surface area contributed by atoms with Gasteiger partial charge < -0.3 is 25.4 Å². The normalized spacial score (nSPS) is 20.7. The van der Waals surface area contributed by atoms with E-state index in [1.807, 2.05) is 24.3 Å². The largest absolute Gasteiger partial charge is 0.497 e. The van der Waals surface area contributed by atoms with Crippen LogP contribution in [-0.4, -0.2) is 38.8 Å². The minimum atomic E-state index is -0.549. The number of nitrogens with two attached hydrogens (primary N) is 1. The third-order valence-corrected chi connectivity index (χ3v) is 5.31. The number of rotatable bonds is 6. The minimum Gasteiger partial charge on any atom is -0.497 e. The van der Waals surface area contributed by atoms with E-state index < -0.39 is 12.0 Å². The van der Waals surface area contributed by atoms with Gasteiger partial charge in [-0.05, 0) is 43.4 Å². The summed E-state index contributed by atoms with van der Waals surface area (Å²) in [7, 11) is 2.96. The smallest absolute Gasteiger partial charge is 0.338 e. The van der Waals surface area contributed by atoms with Crippen LogP contribution in [-0.2, 0) is 9.53 Å². The van der Waals surface area contributed by atoms with Crippen LogP contribution in [0.15, 0.2) is 35.5 Å². The van der Waals surface area contributed by atoms with E-state index in [2.05, 4.69) is 16.0 Å². The number of urea groups is 1. The molecule has 2 aliphatic rings. The molecule has 1 aliphatic heterocycles. The number of benzene rings is 1. The van der Waals surface area contributed by atoms with E-state index in [4.69, 9.17) is 9.47 Å². The molecule has 2 amide bonds. The van der Waals surface area contributed by atoms with Crippen LogP contribution in [0.3, 0.4) is 0 Å². The molecule has 1 fully saturated rings. The summed E-state index contributed by atoms with van der Waals surface area (Å²) < 4.78 is 10.2. The van der Waals surface area contributed by atoms with E-state index in [0.717, 1.165) is 5.56 Å². The molecule has 1 heterocycles. The number of methoxy groups -OCH3 is 2. The van der Waals surface area contributed by atoms with Crippen molar-refractivity contribution in [2.24, 2.45) is 0 Å². The van der Waals surface area contributed by atoms with Gasteiger partial charge in [-0.2, -0.15) is 0 Å². The monoisotopic (exact) mass is 374 g/mol. The molecule has 1 aliphatic carbocycles. The number of nitrogens with one attached hydrogen (secondary N) is 2. The van der Waals surface area contributed by atoms with E-state index in [9.17, 15) is 9.59 Å². The Labute approximate surface area is 159 Å². The number of amides is 2. The number of esters is 1. The Hall–Kier alpha value is -2.54. The molecule has 0 aromatic heterocycles. The lowest BCUT2D eigenvalue weighted by molar-refractivity contribution is -0.685. The van der Waals surface area contributed by atoms with Crippen LogP contribution in [0, 0.1) is 0 Å². The second kappa shape index (κ2) is 8.90. The first-order chi connectivity index (χ1) is 13.1. The van der Waals surface area contributed by atoms with Crippen LogP contribution in [0.2, 0.25) is 0 Å². The first-order valence-corrected chi connectivity index (χ1v) is 9.48. The molecule has 7 heteroatoms. The Morgan fingerprint density at radius 2 is 1.85 bits per heavy atom. The average Bonchev–Trinajstić information content (AvgIpc) is 2.72. The molecule has 1 saturated carbocycles. The first kappa shape index (κ1) is 19.2. The zero-order chi connectivity index (χ0) is 19.2. The highest BCUT2D eigenvalue weighted by atomic mass is 16.5. The zero-order valence-electron chi connectivity index (χ0n) is 15.9. The van der Waals surface area contributed by atoms with Gasteiger partial charge in [0.25, 0.3) is 0 Å². The lowest BCUT2D eigenvalue weighted by atomic mass is 9.93. The van der Waals surface area contributed by atoms with E-state index in [1.165, 1.54) is 39.2 Å². The number of carbonyl (C=O) groups is 2. The average molecular weight is 374 g/mol. The highest BCUT2D eigenvalue weighted by molar-refractivity contribution is 5.95. The summed E-state index contributed by atoms with van der Waals surface area (Å²) in [6, 6.07) is 7.00. The molecule has 0 saturated heterocycles. The van der Waals surface area contributed by atoms with Crippen molar-refractivity contribution in [2.75, 3.05) is 20.8 Å². The lowest BCUT2D eigenvalue weighted by Gasteiger charge is -2.29. The van der Waals surface area contributed by atoms with Gasteiger partial charge in [0.1, 0.15) is 12.3 Å². The summed E-state index contributed by atoms with van der Waals surface area (Å²) in [6.07, 6.45) is 6.13. The van der Waals surface area contributed by atoms with Crippen molar-refractivity contribution >= 4 is 12.0 Å². The number of carbonyl (C=O) groups excluding carboxylic acids is 2. The van der Waals surface area contributed by atoms with E-state index in [0.29, 0.717) is 29.6 Å². The van der Waals surface area contributed by atoms with E-state index in [-0.39, 0.29) is 6.03 Å². The topological polar surface area (TPSA) is 93.3 Å². The van der Waals surface area contributed by atoms with Crippen LogP contribution in [0.4, 0.5) is 4.79 Å². The first-order valence-electron chi connectivity index (χ1n) is 9.48. The minimum absolute atomic E-state index is 0.310. The Balaban J connectivity index is 1.87. The number of hydrogen-bond acceptors (Lipinski definition) is 4. The quantitative estimate of drug-likeness (QED) is 0.656. The van der Waals surface area contributed by atoms with Crippen LogP contribution in [0.1, 0.15) is 43.7 Å². The summed E-state index contributed by atoms with van der Waals surface area (Å²) >= 11 is 0. The summed E-state index contributed by atoms with van der Waals surface area (Å²) in [6.45, 7) is 0.551. The Kier molecular flexibility index (Phi) is 6.34. The molecular weight excluding hydrogens is 346 g/mol. The Morgan fingerprint density at radius 3 is 2.48 bits per heavy atom. The summed E-state index contributed by atoms with van der Waals surface area (Å²) in [5.41, 5.74) is 1.88. The van der Waals surface area contributed by atoms with Gasteiger partial charge in [0.15, 0.2) is 0 Å². The third kappa shape index (κ3) is 4.60. The van der Waals surface area contributed by atoms with E-state index in [1.54, 1.807) is 7.11 Å². The molecule has 3 rings (SSSR count). The van der Waals surface area contributed by atoms with Gasteiger partial charge in [0, 0.05) is 0 Å².